The van der Waals surface area contributed by atoms with Gasteiger partial charge in [0.2, 0.25) is 11.2 Å². The molecule has 0 atom stereocenters. The standard InChI is InChI=1S/C25H12Cl3FO6/c1-34-14-8-11-15(17-12(26)6-7-13(27)18(17)25(32)33)16-9-4-2-3-5-10(9)21(30)20(29)24(16)35-23(11)19(28)22(14)31/h2-8,30H,1H3,(H,32,33). The summed E-state index contributed by atoms with van der Waals surface area (Å²) in [6.45, 7) is 0. The summed E-state index contributed by atoms with van der Waals surface area (Å²) in [4.78, 5) is 24.9. The second-order valence-electron chi connectivity index (χ2n) is 7.57. The molecule has 5 rings (SSSR count). The van der Waals surface area contributed by atoms with Crippen LogP contribution in [0.5, 0.6) is 11.5 Å². The molecule has 176 valence electrons. The van der Waals surface area contributed by atoms with Gasteiger partial charge in [-0.2, -0.15) is 4.39 Å². The molecule has 3 aromatic carbocycles. The van der Waals surface area contributed by atoms with Crippen molar-refractivity contribution < 1.29 is 28.6 Å². The normalized spacial score (nSPS) is 11.5. The Morgan fingerprint density at radius 3 is 2.34 bits per heavy atom. The van der Waals surface area contributed by atoms with Crippen LogP contribution >= 0.6 is 34.8 Å². The number of aromatic hydroxyl groups is 1. The van der Waals surface area contributed by atoms with Gasteiger partial charge in [0.05, 0.1) is 17.7 Å². The summed E-state index contributed by atoms with van der Waals surface area (Å²) in [5.41, 5.74) is -1.38. The number of fused-ring (bicyclic) bond motifs is 4. The quantitative estimate of drug-likeness (QED) is 0.188. The fourth-order valence-corrected chi connectivity index (χ4v) is 4.96. The van der Waals surface area contributed by atoms with E-state index >= 15 is 4.39 Å². The van der Waals surface area contributed by atoms with Gasteiger partial charge >= 0.3 is 5.97 Å². The third-order valence-electron chi connectivity index (χ3n) is 5.74. The van der Waals surface area contributed by atoms with Crippen LogP contribution in [0.15, 0.2) is 51.7 Å². The number of phenols is 1. The number of phenolic OH excluding ortho intramolecular Hbond substituents is 1. The molecule has 1 heterocycles. The van der Waals surface area contributed by atoms with E-state index in [9.17, 15) is 19.8 Å². The highest BCUT2D eigenvalue weighted by Crippen LogP contribution is 2.51. The van der Waals surface area contributed by atoms with Gasteiger partial charge in [-0.05, 0) is 23.6 Å². The molecule has 1 aliphatic heterocycles. The first-order valence-electron chi connectivity index (χ1n) is 9.95. The molecule has 0 spiro atoms. The van der Waals surface area contributed by atoms with E-state index in [0.717, 1.165) is 0 Å². The zero-order chi connectivity index (χ0) is 25.2. The van der Waals surface area contributed by atoms with E-state index in [1.165, 1.54) is 31.4 Å². The number of carboxylic acid groups (broad SMARTS) is 1. The van der Waals surface area contributed by atoms with Gasteiger partial charge < -0.3 is 19.4 Å². The summed E-state index contributed by atoms with van der Waals surface area (Å²) in [5, 5.41) is 20.5. The summed E-state index contributed by atoms with van der Waals surface area (Å²) in [6.07, 6.45) is 0. The van der Waals surface area contributed by atoms with Crippen LogP contribution in [0.2, 0.25) is 15.1 Å². The molecular formula is C25H12Cl3FO6. The van der Waals surface area contributed by atoms with Crippen molar-refractivity contribution in [3.8, 4) is 33.9 Å². The highest BCUT2D eigenvalue weighted by molar-refractivity contribution is 6.40. The van der Waals surface area contributed by atoms with Gasteiger partial charge in [-0.15, -0.1) is 0 Å². The summed E-state index contributed by atoms with van der Waals surface area (Å²) in [7, 11) is 1.26. The lowest BCUT2D eigenvalue weighted by molar-refractivity contribution is 0.0698. The van der Waals surface area contributed by atoms with Crippen molar-refractivity contribution in [3.05, 3.63) is 79.1 Å². The van der Waals surface area contributed by atoms with E-state index < -0.39 is 33.6 Å². The molecule has 3 aromatic rings. The Kier molecular flexibility index (Phi) is 5.51. The molecule has 6 nitrogen and oxygen atoms in total. The zero-order valence-electron chi connectivity index (χ0n) is 17.6. The Bertz CT molecular complexity index is 1740. The molecule has 0 unspecified atom stereocenters. The van der Waals surface area contributed by atoms with E-state index in [1.807, 2.05) is 0 Å². The van der Waals surface area contributed by atoms with Gasteiger partial charge in [0.1, 0.15) is 5.02 Å². The molecule has 0 radical (unpaired) electrons. The molecule has 0 bridgehead atoms. The van der Waals surface area contributed by atoms with Gasteiger partial charge in [0.15, 0.2) is 22.8 Å². The number of benzene rings is 4. The van der Waals surface area contributed by atoms with E-state index in [1.54, 1.807) is 18.2 Å². The smallest absolute Gasteiger partial charge is 0.337 e. The van der Waals surface area contributed by atoms with E-state index in [4.69, 9.17) is 44.0 Å². The van der Waals surface area contributed by atoms with E-state index in [-0.39, 0.29) is 54.6 Å². The third kappa shape index (κ3) is 3.31. The topological polar surface area (TPSA) is 97.0 Å². The summed E-state index contributed by atoms with van der Waals surface area (Å²) < 4.78 is 26.4. The molecule has 0 saturated heterocycles. The molecular weight excluding hydrogens is 522 g/mol. The number of carboxylic acids is 1. The number of hydrogen-bond acceptors (Lipinski definition) is 5. The largest absolute Gasteiger partial charge is 0.504 e. The highest BCUT2D eigenvalue weighted by Gasteiger charge is 2.31. The lowest BCUT2D eigenvalue weighted by atomic mass is 9.88. The average molecular weight is 534 g/mol. The molecule has 0 aromatic heterocycles. The van der Waals surface area contributed by atoms with Crippen LogP contribution in [-0.2, 0) is 0 Å². The van der Waals surface area contributed by atoms with Gasteiger partial charge in [-0.25, -0.2) is 4.79 Å². The predicted octanol–water partition coefficient (Wildman–Crippen LogP) is 7.23. The Morgan fingerprint density at radius 1 is 1.03 bits per heavy atom. The van der Waals surface area contributed by atoms with Crippen molar-refractivity contribution in [1.29, 1.82) is 0 Å². The minimum absolute atomic E-state index is 0.0144. The van der Waals surface area contributed by atoms with Crippen molar-refractivity contribution in [2.75, 3.05) is 7.11 Å². The van der Waals surface area contributed by atoms with Gasteiger partial charge in [0, 0.05) is 32.5 Å². The Hall–Kier alpha value is -3.52. The summed E-state index contributed by atoms with van der Waals surface area (Å²) >= 11 is 19.1. The van der Waals surface area contributed by atoms with Crippen LogP contribution in [-0.4, -0.2) is 23.3 Å². The number of aromatic carboxylic acids is 1. The van der Waals surface area contributed by atoms with E-state index in [2.05, 4.69) is 0 Å². The van der Waals surface area contributed by atoms with Crippen LogP contribution in [0.25, 0.3) is 44.2 Å². The van der Waals surface area contributed by atoms with E-state index in [0.29, 0.717) is 5.39 Å². The number of hydrogen-bond donors (Lipinski definition) is 2. The van der Waals surface area contributed by atoms with Crippen molar-refractivity contribution in [2.45, 2.75) is 0 Å². The molecule has 10 heteroatoms. The number of rotatable bonds is 3. The minimum atomic E-state index is -1.39. The highest BCUT2D eigenvalue weighted by atomic mass is 35.5. The van der Waals surface area contributed by atoms with Gasteiger partial charge in [0.25, 0.3) is 0 Å². The first kappa shape index (κ1) is 23.2. The maximum absolute atomic E-state index is 15.5. The number of methoxy groups -OCH3 is 1. The number of carbonyl (C=O) groups is 1. The SMILES string of the molecule is COc1cc2c(-c3c(Cl)ccc(Cl)c3C(=O)O)c3c(oc-2c(Cl)c1=O)c(F)c(O)c1ccccc13. The van der Waals surface area contributed by atoms with Crippen LogP contribution in [0.4, 0.5) is 4.39 Å². The van der Waals surface area contributed by atoms with Crippen LogP contribution in [0, 0.1) is 5.82 Å². The zero-order valence-corrected chi connectivity index (χ0v) is 19.8. The Balaban J connectivity index is 2.21. The van der Waals surface area contributed by atoms with Crippen LogP contribution < -0.4 is 10.2 Å². The minimum Gasteiger partial charge on any atom is -0.504 e. The lowest BCUT2D eigenvalue weighted by Gasteiger charge is -2.21. The predicted molar refractivity (Wildman–Crippen MR) is 132 cm³/mol. The van der Waals surface area contributed by atoms with Crippen molar-refractivity contribution in [3.63, 3.8) is 0 Å². The van der Waals surface area contributed by atoms with Gasteiger partial charge in [-0.3, -0.25) is 4.79 Å². The second-order valence-corrected chi connectivity index (χ2v) is 8.76. The number of halogens is 4. The van der Waals surface area contributed by atoms with Crippen molar-refractivity contribution in [1.82, 2.24) is 0 Å². The third-order valence-corrected chi connectivity index (χ3v) is 6.71. The van der Waals surface area contributed by atoms with Crippen LogP contribution in [0.3, 0.4) is 0 Å². The molecule has 35 heavy (non-hydrogen) atoms. The molecule has 0 amide bonds. The fraction of sp³-hybridized carbons (Fsp3) is 0.0400. The molecule has 0 saturated carbocycles. The average Bonchev–Trinajstić information content (AvgIpc) is 2.84. The van der Waals surface area contributed by atoms with Gasteiger partial charge in [-0.1, -0.05) is 59.1 Å². The van der Waals surface area contributed by atoms with Crippen molar-refractivity contribution >= 4 is 62.5 Å². The Morgan fingerprint density at radius 2 is 1.69 bits per heavy atom. The second kappa shape index (κ2) is 8.30. The summed E-state index contributed by atoms with van der Waals surface area (Å²) in [6, 6.07) is 10.4. The number of ether oxygens (including phenoxy) is 1. The Labute approximate surface area is 211 Å². The summed E-state index contributed by atoms with van der Waals surface area (Å²) in [5.74, 6) is -3.62. The molecule has 2 aliphatic rings. The first-order valence-corrected chi connectivity index (χ1v) is 11.1. The maximum Gasteiger partial charge on any atom is 0.337 e. The van der Waals surface area contributed by atoms with Crippen LogP contribution in [0.1, 0.15) is 10.4 Å². The fourth-order valence-electron chi connectivity index (χ4n) is 4.24. The maximum atomic E-state index is 15.5. The molecule has 2 N–H and O–H groups in total. The van der Waals surface area contributed by atoms with Crippen molar-refractivity contribution in [2.24, 2.45) is 0 Å². The lowest BCUT2D eigenvalue weighted by Crippen LogP contribution is -2.10. The molecule has 0 fully saturated rings. The molecule has 1 aliphatic carbocycles. The monoisotopic (exact) mass is 532 g/mol. The first-order chi connectivity index (χ1) is 16.7.